The van der Waals surface area contributed by atoms with Crippen molar-refractivity contribution in [3.63, 3.8) is 0 Å². The Balaban J connectivity index is 1.57. The molecule has 0 radical (unpaired) electrons. The Morgan fingerprint density at radius 2 is 1.97 bits per heavy atom. The summed E-state index contributed by atoms with van der Waals surface area (Å²) >= 11 is 1.41. The second-order valence-electron chi connectivity index (χ2n) is 6.01. The molecule has 29 heavy (non-hydrogen) atoms. The number of amides is 1. The van der Waals surface area contributed by atoms with Gasteiger partial charge in [-0.25, -0.2) is 14.4 Å². The van der Waals surface area contributed by atoms with Crippen LogP contribution in [0, 0.1) is 17.1 Å². The minimum atomic E-state index is -0.418. The van der Waals surface area contributed by atoms with E-state index >= 15 is 0 Å². The lowest BCUT2D eigenvalue weighted by atomic mass is 10.1. The number of carbonyl (C=O) groups is 1. The maximum absolute atomic E-state index is 13.3. The summed E-state index contributed by atoms with van der Waals surface area (Å²) in [6, 6.07) is 14.8. The van der Waals surface area contributed by atoms with E-state index in [0.717, 1.165) is 11.1 Å². The first kappa shape index (κ1) is 18.5. The largest absolute Gasteiger partial charge is 0.467 e. The van der Waals surface area contributed by atoms with Gasteiger partial charge in [-0.05, 0) is 29.8 Å². The number of para-hydroxylation sites is 1. The molecule has 0 unspecified atom stereocenters. The standard InChI is InChI=1S/C21H13FN4O2S/c22-15-7-5-13(6-8-15)16-11-29-21-19(16)20(24-12-25-21)28-10-18(27)26-17-4-2-1-3-14(17)9-23/h1-8,11-12H,10H2,(H,26,27). The van der Waals surface area contributed by atoms with Crippen molar-refractivity contribution in [1.82, 2.24) is 9.97 Å². The highest BCUT2D eigenvalue weighted by atomic mass is 32.1. The Morgan fingerprint density at radius 3 is 2.76 bits per heavy atom. The molecule has 6 nitrogen and oxygen atoms in total. The molecule has 0 fully saturated rings. The molecule has 0 spiro atoms. The summed E-state index contributed by atoms with van der Waals surface area (Å²) in [6.07, 6.45) is 1.37. The van der Waals surface area contributed by atoms with Crippen molar-refractivity contribution in [2.75, 3.05) is 11.9 Å². The van der Waals surface area contributed by atoms with Crippen LogP contribution in [0.25, 0.3) is 21.3 Å². The second kappa shape index (κ2) is 8.04. The van der Waals surface area contributed by atoms with Gasteiger partial charge < -0.3 is 10.1 Å². The molecule has 0 saturated heterocycles. The molecule has 2 aromatic heterocycles. The van der Waals surface area contributed by atoms with Crippen molar-refractivity contribution >= 4 is 33.1 Å². The van der Waals surface area contributed by atoms with Gasteiger partial charge in [0.25, 0.3) is 5.91 Å². The number of ether oxygens (including phenoxy) is 1. The smallest absolute Gasteiger partial charge is 0.262 e. The average molecular weight is 404 g/mol. The Morgan fingerprint density at radius 1 is 1.17 bits per heavy atom. The predicted molar refractivity (Wildman–Crippen MR) is 108 cm³/mol. The second-order valence-corrected chi connectivity index (χ2v) is 6.87. The zero-order valence-corrected chi connectivity index (χ0v) is 15.7. The van der Waals surface area contributed by atoms with Gasteiger partial charge in [0.2, 0.25) is 5.88 Å². The van der Waals surface area contributed by atoms with Crippen LogP contribution in [0.2, 0.25) is 0 Å². The monoisotopic (exact) mass is 404 g/mol. The van der Waals surface area contributed by atoms with Gasteiger partial charge in [-0.15, -0.1) is 11.3 Å². The van der Waals surface area contributed by atoms with Gasteiger partial charge in [-0.1, -0.05) is 24.3 Å². The van der Waals surface area contributed by atoms with Crippen LogP contribution in [-0.2, 0) is 4.79 Å². The van der Waals surface area contributed by atoms with Crippen molar-refractivity contribution in [2.24, 2.45) is 0 Å². The number of benzene rings is 2. The molecule has 0 aliphatic heterocycles. The molecular weight excluding hydrogens is 391 g/mol. The van der Waals surface area contributed by atoms with Crippen molar-refractivity contribution in [2.45, 2.75) is 0 Å². The zero-order valence-electron chi connectivity index (χ0n) is 14.9. The SMILES string of the molecule is N#Cc1ccccc1NC(=O)COc1ncnc2scc(-c3ccc(F)cc3)c12. The van der Waals surface area contributed by atoms with E-state index in [2.05, 4.69) is 15.3 Å². The number of carbonyl (C=O) groups excluding carboxylic acids is 1. The molecule has 0 aliphatic rings. The number of nitrogens with one attached hydrogen (secondary N) is 1. The van der Waals surface area contributed by atoms with Crippen LogP contribution in [0.5, 0.6) is 5.88 Å². The number of rotatable bonds is 5. The molecule has 1 amide bonds. The summed E-state index contributed by atoms with van der Waals surface area (Å²) in [6.45, 7) is -0.287. The molecule has 0 aliphatic carbocycles. The van der Waals surface area contributed by atoms with Gasteiger partial charge in [-0.3, -0.25) is 4.79 Å². The summed E-state index contributed by atoms with van der Waals surface area (Å²) < 4.78 is 18.9. The maximum atomic E-state index is 13.3. The first-order valence-corrected chi connectivity index (χ1v) is 9.43. The molecule has 2 aromatic carbocycles. The molecular formula is C21H13FN4O2S. The van der Waals surface area contributed by atoms with E-state index in [-0.39, 0.29) is 18.3 Å². The third-order valence-electron chi connectivity index (χ3n) is 4.15. The number of hydrogen-bond donors (Lipinski definition) is 1. The van der Waals surface area contributed by atoms with Crippen LogP contribution in [0.15, 0.2) is 60.2 Å². The summed E-state index contributed by atoms with van der Waals surface area (Å²) in [4.78, 5) is 21.4. The molecule has 4 rings (SSSR count). The number of anilines is 1. The quantitative estimate of drug-likeness (QED) is 0.533. The third kappa shape index (κ3) is 3.90. The highest BCUT2D eigenvalue weighted by molar-refractivity contribution is 7.17. The fourth-order valence-corrected chi connectivity index (χ4v) is 3.72. The molecule has 0 bridgehead atoms. The minimum absolute atomic E-state index is 0.263. The van der Waals surface area contributed by atoms with Gasteiger partial charge in [-0.2, -0.15) is 5.26 Å². The Bertz CT molecular complexity index is 1230. The van der Waals surface area contributed by atoms with E-state index in [4.69, 9.17) is 10.00 Å². The average Bonchev–Trinajstić information content (AvgIpc) is 3.18. The van der Waals surface area contributed by atoms with Crippen LogP contribution in [0.1, 0.15) is 5.56 Å². The lowest BCUT2D eigenvalue weighted by molar-refractivity contribution is -0.118. The normalized spacial score (nSPS) is 10.5. The lowest BCUT2D eigenvalue weighted by Gasteiger charge is -2.09. The zero-order chi connectivity index (χ0) is 20.2. The Kier molecular flexibility index (Phi) is 5.14. The molecule has 0 atom stereocenters. The maximum Gasteiger partial charge on any atom is 0.262 e. The van der Waals surface area contributed by atoms with Crippen LogP contribution >= 0.6 is 11.3 Å². The van der Waals surface area contributed by atoms with E-state index in [1.165, 1.54) is 29.8 Å². The molecule has 1 N–H and O–H groups in total. The van der Waals surface area contributed by atoms with Crippen LogP contribution in [0.3, 0.4) is 0 Å². The van der Waals surface area contributed by atoms with Gasteiger partial charge in [0.1, 0.15) is 23.0 Å². The van der Waals surface area contributed by atoms with Crippen molar-refractivity contribution in [1.29, 1.82) is 5.26 Å². The number of fused-ring (bicyclic) bond motifs is 1. The van der Waals surface area contributed by atoms with Crippen LogP contribution in [0.4, 0.5) is 10.1 Å². The lowest BCUT2D eigenvalue weighted by Crippen LogP contribution is -2.21. The van der Waals surface area contributed by atoms with Gasteiger partial charge in [0.15, 0.2) is 6.61 Å². The first-order valence-electron chi connectivity index (χ1n) is 8.55. The number of hydrogen-bond acceptors (Lipinski definition) is 6. The Hall–Kier alpha value is -3.83. The fourth-order valence-electron chi connectivity index (χ4n) is 2.81. The van der Waals surface area contributed by atoms with Gasteiger partial charge >= 0.3 is 0 Å². The topological polar surface area (TPSA) is 87.9 Å². The van der Waals surface area contributed by atoms with E-state index in [9.17, 15) is 9.18 Å². The minimum Gasteiger partial charge on any atom is -0.467 e. The van der Waals surface area contributed by atoms with Gasteiger partial charge in [0.05, 0.1) is 16.6 Å². The third-order valence-corrected chi connectivity index (χ3v) is 5.04. The molecule has 8 heteroatoms. The van der Waals surface area contributed by atoms with Crippen molar-refractivity contribution in [3.8, 4) is 23.1 Å². The van der Waals surface area contributed by atoms with Gasteiger partial charge in [0, 0.05) is 10.9 Å². The highest BCUT2D eigenvalue weighted by Crippen LogP contribution is 2.37. The summed E-state index contributed by atoms with van der Waals surface area (Å²) in [5.74, 6) is -0.479. The van der Waals surface area contributed by atoms with Crippen LogP contribution < -0.4 is 10.1 Å². The summed E-state index contributed by atoms with van der Waals surface area (Å²) in [5.41, 5.74) is 2.38. The Labute approximate surface area is 169 Å². The highest BCUT2D eigenvalue weighted by Gasteiger charge is 2.16. The number of nitriles is 1. The van der Waals surface area contributed by atoms with E-state index < -0.39 is 5.91 Å². The summed E-state index contributed by atoms with van der Waals surface area (Å²) in [5, 5.41) is 14.3. The molecule has 2 heterocycles. The number of nitrogens with zero attached hydrogens (tertiary/aromatic N) is 3. The van der Waals surface area contributed by atoms with E-state index in [1.807, 2.05) is 11.4 Å². The molecule has 0 saturated carbocycles. The van der Waals surface area contributed by atoms with Crippen molar-refractivity contribution in [3.05, 3.63) is 71.6 Å². The predicted octanol–water partition coefficient (Wildman–Crippen LogP) is 4.39. The van der Waals surface area contributed by atoms with E-state index in [1.54, 1.807) is 36.4 Å². The fraction of sp³-hybridized carbons (Fsp3) is 0.0476. The number of aromatic nitrogens is 2. The van der Waals surface area contributed by atoms with E-state index in [0.29, 0.717) is 21.5 Å². The number of thiophene rings is 1. The first-order chi connectivity index (χ1) is 14.2. The number of halogens is 1. The van der Waals surface area contributed by atoms with Crippen LogP contribution in [-0.4, -0.2) is 22.5 Å². The van der Waals surface area contributed by atoms with Crippen molar-refractivity contribution < 1.29 is 13.9 Å². The molecule has 142 valence electrons. The summed E-state index contributed by atoms with van der Waals surface area (Å²) in [7, 11) is 0. The molecule has 4 aromatic rings.